The Bertz CT molecular complexity index is 1070. The fourth-order valence-corrected chi connectivity index (χ4v) is 6.99. The Morgan fingerprint density at radius 1 is 1.31 bits per heavy atom. The van der Waals surface area contributed by atoms with Crippen LogP contribution < -0.4 is 9.47 Å². The van der Waals surface area contributed by atoms with Crippen LogP contribution in [0.2, 0.25) is 0 Å². The third-order valence-electron chi connectivity index (χ3n) is 7.61. The summed E-state index contributed by atoms with van der Waals surface area (Å²) in [5.74, 6) is 1.62. The molecule has 0 radical (unpaired) electrons. The van der Waals surface area contributed by atoms with Crippen molar-refractivity contribution in [2.75, 3.05) is 27.5 Å². The van der Waals surface area contributed by atoms with Crippen LogP contribution in [0.15, 0.2) is 41.8 Å². The molecule has 1 spiro atoms. The van der Waals surface area contributed by atoms with E-state index in [0.717, 1.165) is 30.0 Å². The number of likely N-dealkylation sites (tertiary alicyclic amines) is 1. The van der Waals surface area contributed by atoms with Crippen LogP contribution in [-0.4, -0.2) is 56.6 Å². The number of esters is 1. The van der Waals surface area contributed by atoms with Gasteiger partial charge in [0.05, 0.1) is 6.42 Å². The van der Waals surface area contributed by atoms with Crippen LogP contribution in [0.1, 0.15) is 22.4 Å². The first-order chi connectivity index (χ1) is 15.6. The number of benzene rings is 1. The average molecular weight is 454 g/mol. The molecule has 2 bridgehead atoms. The maximum absolute atomic E-state index is 12.8. The number of piperidine rings is 1. The molecule has 2 aliphatic heterocycles. The molecule has 6 nitrogen and oxygen atoms in total. The van der Waals surface area contributed by atoms with Crippen molar-refractivity contribution >= 4 is 17.3 Å². The molecule has 1 aromatic carbocycles. The van der Waals surface area contributed by atoms with Crippen molar-refractivity contribution in [3.05, 3.63) is 57.8 Å². The second-order valence-electron chi connectivity index (χ2n) is 9.18. The van der Waals surface area contributed by atoms with E-state index >= 15 is 0 Å². The molecule has 0 N–H and O–H groups in total. The Morgan fingerprint density at radius 2 is 2.22 bits per heavy atom. The molecule has 1 aromatic heterocycles. The maximum Gasteiger partial charge on any atom is 0.311 e. The van der Waals surface area contributed by atoms with Gasteiger partial charge in [-0.3, -0.25) is 4.79 Å². The van der Waals surface area contributed by atoms with Gasteiger partial charge in [0, 0.05) is 34.9 Å². The van der Waals surface area contributed by atoms with E-state index in [1.807, 2.05) is 23.6 Å². The van der Waals surface area contributed by atoms with E-state index in [-0.39, 0.29) is 30.7 Å². The van der Waals surface area contributed by atoms with Crippen LogP contribution in [0.5, 0.6) is 11.5 Å². The number of carbonyl (C=O) groups is 1. The number of hydrogen-bond donors (Lipinski definition) is 0. The summed E-state index contributed by atoms with van der Waals surface area (Å²) in [4.78, 5) is 16.3. The van der Waals surface area contributed by atoms with Crippen LogP contribution in [0, 0.1) is 5.92 Å². The Balaban J connectivity index is 1.39. The molecule has 1 saturated heterocycles. The zero-order valence-corrected chi connectivity index (χ0v) is 19.1. The van der Waals surface area contributed by atoms with E-state index in [4.69, 9.17) is 18.9 Å². The number of likely N-dealkylation sites (N-methyl/N-ethyl adjacent to an activating group) is 1. The molecule has 6 rings (SSSR count). The van der Waals surface area contributed by atoms with Gasteiger partial charge >= 0.3 is 5.97 Å². The molecule has 0 unspecified atom stereocenters. The zero-order chi connectivity index (χ0) is 21.9. The van der Waals surface area contributed by atoms with Gasteiger partial charge in [0.1, 0.15) is 6.10 Å². The summed E-state index contributed by atoms with van der Waals surface area (Å²) in [6.07, 6.45) is 5.91. The number of nitrogens with zero attached hydrogens (tertiary/aromatic N) is 1. The lowest BCUT2D eigenvalue weighted by Gasteiger charge is -2.56. The number of rotatable bonds is 6. The molecule has 0 saturated carbocycles. The number of methoxy groups -OCH3 is 1. The highest BCUT2D eigenvalue weighted by molar-refractivity contribution is 7.10. The van der Waals surface area contributed by atoms with Gasteiger partial charge in [-0.2, -0.15) is 0 Å². The molecular weight excluding hydrogens is 426 g/mol. The molecule has 2 aliphatic carbocycles. The standard InChI is InChI=1S/C25H27NO5S/c1-26-10-9-25-17-6-8-20(30-21(27)13-16-4-3-11-32-16)24(25)31-23-19(29-14-28-2)7-5-15(22(23)25)12-18(17)26/h3-8,11,17-18,20,24H,9-10,12-14H2,1-2H3/t17-,18+,20-,24-,25-/m0/s1. The normalized spacial score (nSPS) is 31.7. The fourth-order valence-electron chi connectivity index (χ4n) is 6.30. The van der Waals surface area contributed by atoms with Gasteiger partial charge in [0.15, 0.2) is 24.4 Å². The second kappa shape index (κ2) is 7.61. The Labute approximate surface area is 191 Å². The summed E-state index contributed by atoms with van der Waals surface area (Å²) in [7, 11) is 3.83. The minimum Gasteiger partial charge on any atom is -0.481 e. The Hall–Kier alpha value is -2.35. The molecule has 2 aromatic rings. The van der Waals surface area contributed by atoms with E-state index in [0.29, 0.717) is 17.7 Å². The molecule has 0 amide bonds. The summed E-state index contributed by atoms with van der Waals surface area (Å²) in [5.41, 5.74) is 2.38. The minimum atomic E-state index is -0.420. The van der Waals surface area contributed by atoms with E-state index in [2.05, 4.69) is 30.2 Å². The van der Waals surface area contributed by atoms with Gasteiger partial charge in [-0.1, -0.05) is 18.2 Å². The Morgan fingerprint density at radius 3 is 3.03 bits per heavy atom. The number of carbonyl (C=O) groups excluding carboxylic acids is 1. The fraction of sp³-hybridized carbons (Fsp3) is 0.480. The van der Waals surface area contributed by atoms with Crippen LogP contribution >= 0.6 is 11.3 Å². The summed E-state index contributed by atoms with van der Waals surface area (Å²) in [6, 6.07) is 8.50. The SMILES string of the molecule is COCOc1ccc2c3c1O[C@H]1[C@@H](OC(=O)Cc4cccs4)C=C[C@H]4[C@@H](C2)N(C)CC[C@@]341. The van der Waals surface area contributed by atoms with E-state index in [9.17, 15) is 4.79 Å². The van der Waals surface area contributed by atoms with Crippen molar-refractivity contribution in [3.8, 4) is 11.5 Å². The molecule has 3 heterocycles. The van der Waals surface area contributed by atoms with Crippen molar-refractivity contribution in [3.63, 3.8) is 0 Å². The van der Waals surface area contributed by atoms with E-state index in [1.54, 1.807) is 18.4 Å². The van der Waals surface area contributed by atoms with Gasteiger partial charge in [0.2, 0.25) is 0 Å². The first kappa shape index (κ1) is 20.3. The zero-order valence-electron chi connectivity index (χ0n) is 18.3. The van der Waals surface area contributed by atoms with Crippen molar-refractivity contribution in [1.82, 2.24) is 4.90 Å². The van der Waals surface area contributed by atoms with Crippen LogP contribution in [0.25, 0.3) is 0 Å². The molecular formula is C25H27NO5S. The first-order valence-corrected chi connectivity index (χ1v) is 12.0. The molecule has 168 valence electrons. The Kier molecular flexibility index (Phi) is 4.82. The van der Waals surface area contributed by atoms with Gasteiger partial charge < -0.3 is 23.8 Å². The predicted octanol–water partition coefficient (Wildman–Crippen LogP) is 3.33. The van der Waals surface area contributed by atoms with Crippen LogP contribution in [-0.2, 0) is 32.5 Å². The number of hydrogen-bond acceptors (Lipinski definition) is 7. The average Bonchev–Trinajstić information content (AvgIpc) is 3.41. The van der Waals surface area contributed by atoms with Gasteiger partial charge in [0.25, 0.3) is 0 Å². The van der Waals surface area contributed by atoms with Crippen LogP contribution in [0.4, 0.5) is 0 Å². The number of thiophene rings is 1. The number of ether oxygens (including phenoxy) is 4. The molecule has 32 heavy (non-hydrogen) atoms. The highest BCUT2D eigenvalue weighted by Crippen LogP contribution is 2.62. The van der Waals surface area contributed by atoms with Crippen molar-refractivity contribution in [1.29, 1.82) is 0 Å². The summed E-state index contributed by atoms with van der Waals surface area (Å²) in [6.45, 7) is 1.16. The largest absolute Gasteiger partial charge is 0.481 e. The van der Waals surface area contributed by atoms with Crippen molar-refractivity contribution < 1.29 is 23.7 Å². The quantitative estimate of drug-likeness (QED) is 0.380. The van der Waals surface area contributed by atoms with Gasteiger partial charge in [-0.25, -0.2) is 0 Å². The van der Waals surface area contributed by atoms with Crippen LogP contribution in [0.3, 0.4) is 0 Å². The monoisotopic (exact) mass is 453 g/mol. The molecule has 4 aliphatic rings. The summed E-state index contributed by atoms with van der Waals surface area (Å²) >= 11 is 1.57. The van der Waals surface area contributed by atoms with Gasteiger partial charge in [-0.05, 0) is 55.6 Å². The van der Waals surface area contributed by atoms with E-state index < -0.39 is 6.10 Å². The third kappa shape index (κ3) is 2.87. The topological polar surface area (TPSA) is 57.2 Å². The lowest BCUT2D eigenvalue weighted by atomic mass is 9.53. The lowest BCUT2D eigenvalue weighted by Crippen LogP contribution is -2.65. The van der Waals surface area contributed by atoms with Crippen molar-refractivity contribution in [2.45, 2.75) is 42.9 Å². The third-order valence-corrected chi connectivity index (χ3v) is 8.49. The highest BCUT2D eigenvalue weighted by Gasteiger charge is 2.65. The van der Waals surface area contributed by atoms with E-state index in [1.165, 1.54) is 11.1 Å². The first-order valence-electron chi connectivity index (χ1n) is 11.2. The maximum atomic E-state index is 12.8. The highest BCUT2D eigenvalue weighted by atomic mass is 32.1. The second-order valence-corrected chi connectivity index (χ2v) is 10.2. The van der Waals surface area contributed by atoms with Crippen molar-refractivity contribution in [2.24, 2.45) is 5.92 Å². The van der Waals surface area contributed by atoms with Gasteiger partial charge in [-0.15, -0.1) is 11.3 Å². The molecule has 7 heteroatoms. The minimum absolute atomic E-state index is 0.166. The molecule has 1 fully saturated rings. The predicted molar refractivity (Wildman–Crippen MR) is 120 cm³/mol. The lowest BCUT2D eigenvalue weighted by molar-refractivity contribution is -0.154. The summed E-state index contributed by atoms with van der Waals surface area (Å²) in [5, 5.41) is 1.98. The molecule has 5 atom stereocenters. The smallest absolute Gasteiger partial charge is 0.311 e. The summed E-state index contributed by atoms with van der Waals surface area (Å²) < 4.78 is 23.7.